The predicted octanol–water partition coefficient (Wildman–Crippen LogP) is 1.90. The number of hydrogen-bond acceptors (Lipinski definition) is 6. The lowest BCUT2D eigenvalue weighted by Crippen LogP contribution is -2.50. The summed E-state index contributed by atoms with van der Waals surface area (Å²) in [6.07, 6.45) is 2.15. The molecule has 0 unspecified atom stereocenters. The maximum atomic E-state index is 12.9. The van der Waals surface area contributed by atoms with E-state index in [1.807, 2.05) is 23.1 Å². The summed E-state index contributed by atoms with van der Waals surface area (Å²) in [5.41, 5.74) is 8.43. The molecule has 12 nitrogen and oxygen atoms in total. The number of nitrogens with zero attached hydrogens (tertiary/aromatic N) is 3. The van der Waals surface area contributed by atoms with E-state index in [2.05, 4.69) is 20.6 Å². The lowest BCUT2D eigenvalue weighted by Gasteiger charge is -2.38. The average molecular weight is 543 g/mol. The summed E-state index contributed by atoms with van der Waals surface area (Å²) >= 11 is 0. The molecule has 3 heterocycles. The van der Waals surface area contributed by atoms with Gasteiger partial charge in [-0.05, 0) is 49.1 Å². The number of Topliss-reactive ketones (excluding diaryl/α,β-unsaturated/α-hetero) is 1. The Bertz CT molecular complexity index is 1480. The number of amides is 5. The SMILES string of the molecule is [B]c1cc(C(=O)CCC(=O)N2CCC(N3CCc4cc(OC)ccc4NC3=O)CC2)cc2[nH]c(NC(N)=O)nc12. The zero-order valence-corrected chi connectivity index (χ0v) is 22.2. The largest absolute Gasteiger partial charge is 0.497 e. The molecule has 2 aliphatic rings. The van der Waals surface area contributed by atoms with Gasteiger partial charge in [0.1, 0.15) is 13.6 Å². The fourth-order valence-corrected chi connectivity index (χ4v) is 5.33. The van der Waals surface area contributed by atoms with E-state index in [0.717, 1.165) is 17.0 Å². The molecular weight excluding hydrogens is 513 g/mol. The molecule has 2 aliphatic heterocycles. The number of ether oxygens (including phenoxy) is 1. The fourth-order valence-electron chi connectivity index (χ4n) is 5.33. The number of nitrogens with one attached hydrogen (secondary N) is 3. The first-order valence-electron chi connectivity index (χ1n) is 13.1. The number of nitrogens with two attached hydrogens (primary N) is 1. The summed E-state index contributed by atoms with van der Waals surface area (Å²) in [6.45, 7) is 1.62. The van der Waals surface area contributed by atoms with Gasteiger partial charge >= 0.3 is 12.1 Å². The molecule has 5 rings (SSSR count). The molecule has 3 aromatic rings. The summed E-state index contributed by atoms with van der Waals surface area (Å²) in [7, 11) is 7.67. The molecule has 0 saturated carbocycles. The number of aromatic amines is 1. The van der Waals surface area contributed by atoms with Crippen LogP contribution in [0.25, 0.3) is 11.0 Å². The van der Waals surface area contributed by atoms with Crippen molar-refractivity contribution in [2.24, 2.45) is 5.73 Å². The van der Waals surface area contributed by atoms with Crippen molar-refractivity contribution < 1.29 is 23.9 Å². The van der Waals surface area contributed by atoms with E-state index in [1.165, 1.54) is 6.07 Å². The fraction of sp³-hybridized carbons (Fsp3) is 0.370. The zero-order valence-electron chi connectivity index (χ0n) is 22.2. The van der Waals surface area contributed by atoms with Gasteiger partial charge in [-0.15, -0.1) is 0 Å². The number of primary amides is 1. The Kier molecular flexibility index (Phi) is 7.63. The molecule has 1 fully saturated rings. The van der Waals surface area contributed by atoms with Gasteiger partial charge in [-0.2, -0.15) is 0 Å². The van der Waals surface area contributed by atoms with Crippen LogP contribution in [0.2, 0.25) is 0 Å². The molecule has 1 aromatic heterocycles. The monoisotopic (exact) mass is 543 g/mol. The standard InChI is InChI=1S/C27H30BN7O5/c1-40-18-2-3-20-15(12-18)6-11-35(27(39)31-20)17-7-9-34(10-8-17)23(37)5-4-22(36)16-13-19(28)24-21(14-16)30-26(32-24)33-25(29)38/h2-3,12-14,17H,4-11H2,1H3,(H,31,39)(H4,29,30,32,33,38). The normalized spacial score (nSPS) is 15.8. The minimum absolute atomic E-state index is 0.0277. The number of benzene rings is 2. The Morgan fingerprint density at radius 3 is 2.65 bits per heavy atom. The van der Waals surface area contributed by atoms with Crippen molar-refractivity contribution in [3.8, 4) is 5.75 Å². The summed E-state index contributed by atoms with van der Waals surface area (Å²) in [6, 6.07) is 7.84. The Hall–Kier alpha value is -4.55. The third-order valence-corrected chi connectivity index (χ3v) is 7.44. The van der Waals surface area contributed by atoms with Gasteiger partial charge in [-0.3, -0.25) is 14.9 Å². The van der Waals surface area contributed by atoms with E-state index in [-0.39, 0.29) is 48.0 Å². The number of H-pyrrole nitrogens is 1. The number of aromatic nitrogens is 2. The topological polar surface area (TPSA) is 163 Å². The molecule has 5 amide bonds. The molecule has 13 heteroatoms. The maximum Gasteiger partial charge on any atom is 0.322 e. The molecule has 0 atom stereocenters. The van der Waals surface area contributed by atoms with Gasteiger partial charge in [-0.25, -0.2) is 14.6 Å². The Morgan fingerprint density at radius 2 is 1.93 bits per heavy atom. The number of methoxy groups -OCH3 is 1. The molecule has 2 radical (unpaired) electrons. The van der Waals surface area contributed by atoms with E-state index in [9.17, 15) is 19.2 Å². The van der Waals surface area contributed by atoms with Crippen LogP contribution in [0, 0.1) is 0 Å². The number of rotatable bonds is 7. The highest BCUT2D eigenvalue weighted by atomic mass is 16.5. The number of fused-ring (bicyclic) bond motifs is 2. The summed E-state index contributed by atoms with van der Waals surface area (Å²) in [5, 5.41) is 5.34. The number of carbonyl (C=O) groups is 4. The highest BCUT2D eigenvalue weighted by Gasteiger charge is 2.31. The molecule has 1 saturated heterocycles. The quantitative estimate of drug-likeness (QED) is 0.263. The van der Waals surface area contributed by atoms with Gasteiger partial charge < -0.3 is 30.6 Å². The number of hydrogen-bond donors (Lipinski definition) is 4. The molecular formula is C27H30BN7O5. The smallest absolute Gasteiger partial charge is 0.322 e. The van der Waals surface area contributed by atoms with Gasteiger partial charge in [0.25, 0.3) is 0 Å². The predicted molar refractivity (Wildman–Crippen MR) is 150 cm³/mol. The summed E-state index contributed by atoms with van der Waals surface area (Å²) in [4.78, 5) is 60.4. The number of likely N-dealkylation sites (tertiary alicyclic amines) is 1. The number of anilines is 2. The molecule has 0 aliphatic carbocycles. The summed E-state index contributed by atoms with van der Waals surface area (Å²) in [5.74, 6) is 0.548. The van der Waals surface area contributed by atoms with Crippen LogP contribution in [0.4, 0.5) is 21.2 Å². The lowest BCUT2D eigenvalue weighted by molar-refractivity contribution is -0.132. The third kappa shape index (κ3) is 5.73. The van der Waals surface area contributed by atoms with Crippen molar-refractivity contribution in [1.29, 1.82) is 0 Å². The maximum absolute atomic E-state index is 12.9. The van der Waals surface area contributed by atoms with E-state index >= 15 is 0 Å². The first-order chi connectivity index (χ1) is 19.2. The molecule has 2 aromatic carbocycles. The van der Waals surface area contributed by atoms with Crippen LogP contribution < -0.4 is 26.6 Å². The van der Waals surface area contributed by atoms with Crippen LogP contribution in [0.15, 0.2) is 30.3 Å². The van der Waals surface area contributed by atoms with E-state index in [0.29, 0.717) is 55.5 Å². The molecule has 0 spiro atoms. The lowest BCUT2D eigenvalue weighted by atomic mass is 9.91. The van der Waals surface area contributed by atoms with Crippen molar-refractivity contribution in [3.05, 3.63) is 41.5 Å². The van der Waals surface area contributed by atoms with Crippen LogP contribution in [-0.2, 0) is 11.2 Å². The molecule has 5 N–H and O–H groups in total. The van der Waals surface area contributed by atoms with Crippen LogP contribution in [0.3, 0.4) is 0 Å². The van der Waals surface area contributed by atoms with Crippen molar-refractivity contribution in [2.75, 3.05) is 37.4 Å². The minimum atomic E-state index is -0.780. The second kappa shape index (κ2) is 11.3. The number of carbonyl (C=O) groups excluding carboxylic acids is 4. The molecule has 206 valence electrons. The van der Waals surface area contributed by atoms with Crippen LogP contribution in [0.1, 0.15) is 41.6 Å². The van der Waals surface area contributed by atoms with Crippen molar-refractivity contribution in [3.63, 3.8) is 0 Å². The van der Waals surface area contributed by atoms with Gasteiger partial charge in [0.15, 0.2) is 5.78 Å². The molecule has 0 bridgehead atoms. The number of piperidine rings is 1. The van der Waals surface area contributed by atoms with Gasteiger partial charge in [0, 0.05) is 49.8 Å². The van der Waals surface area contributed by atoms with Crippen LogP contribution >= 0.6 is 0 Å². The van der Waals surface area contributed by atoms with Gasteiger partial charge in [-0.1, -0.05) is 11.5 Å². The Morgan fingerprint density at radius 1 is 1.15 bits per heavy atom. The average Bonchev–Trinajstić information content (AvgIpc) is 3.26. The third-order valence-electron chi connectivity index (χ3n) is 7.44. The highest BCUT2D eigenvalue weighted by Crippen LogP contribution is 2.28. The van der Waals surface area contributed by atoms with E-state index in [4.69, 9.17) is 18.3 Å². The van der Waals surface area contributed by atoms with Crippen LogP contribution in [0.5, 0.6) is 5.75 Å². The Balaban J connectivity index is 1.13. The number of imidazole rings is 1. The van der Waals surface area contributed by atoms with E-state index in [1.54, 1.807) is 18.1 Å². The summed E-state index contributed by atoms with van der Waals surface area (Å²) < 4.78 is 5.31. The van der Waals surface area contributed by atoms with E-state index < -0.39 is 6.03 Å². The zero-order chi connectivity index (χ0) is 28.4. The van der Waals surface area contributed by atoms with Crippen molar-refractivity contribution >= 4 is 59.7 Å². The number of ketones is 1. The second-order valence-electron chi connectivity index (χ2n) is 9.97. The molecule has 40 heavy (non-hydrogen) atoms. The first-order valence-corrected chi connectivity index (χ1v) is 13.1. The highest BCUT2D eigenvalue weighted by molar-refractivity contribution is 6.38. The van der Waals surface area contributed by atoms with Crippen LogP contribution in [-0.4, -0.2) is 84.2 Å². The van der Waals surface area contributed by atoms with Crippen molar-refractivity contribution in [1.82, 2.24) is 19.8 Å². The van der Waals surface area contributed by atoms with Crippen molar-refractivity contribution in [2.45, 2.75) is 38.1 Å². The second-order valence-corrected chi connectivity index (χ2v) is 9.97. The number of urea groups is 2. The first kappa shape index (κ1) is 27.0. The minimum Gasteiger partial charge on any atom is -0.497 e. The Labute approximate surface area is 232 Å². The van der Waals surface area contributed by atoms with Gasteiger partial charge in [0.2, 0.25) is 11.9 Å². The van der Waals surface area contributed by atoms with Gasteiger partial charge in [0.05, 0.1) is 18.1 Å².